The number of carbonyl (C=O) groups is 1. The molecule has 0 saturated heterocycles. The number of nitrogens with one attached hydrogen (secondary N) is 2. The van der Waals surface area contributed by atoms with Crippen molar-refractivity contribution in [3.8, 4) is 0 Å². The van der Waals surface area contributed by atoms with Crippen LogP contribution in [0, 0.1) is 0 Å². The van der Waals surface area contributed by atoms with Crippen molar-refractivity contribution >= 4 is 35.8 Å². The summed E-state index contributed by atoms with van der Waals surface area (Å²) in [4.78, 5) is 15.7. The molecule has 1 amide bonds. The highest BCUT2D eigenvalue weighted by Crippen LogP contribution is 2.18. The second-order valence-corrected chi connectivity index (χ2v) is 5.69. The molecule has 6 heteroatoms. The summed E-state index contributed by atoms with van der Waals surface area (Å²) in [6.07, 6.45) is 9.90. The van der Waals surface area contributed by atoms with Gasteiger partial charge in [0.2, 0.25) is 5.91 Å². The van der Waals surface area contributed by atoms with Crippen molar-refractivity contribution in [3.63, 3.8) is 0 Å². The summed E-state index contributed by atoms with van der Waals surface area (Å²) in [7, 11) is 0. The van der Waals surface area contributed by atoms with Crippen LogP contribution in [0.5, 0.6) is 0 Å². The van der Waals surface area contributed by atoms with Crippen LogP contribution in [0.3, 0.4) is 0 Å². The minimum absolute atomic E-state index is 0. The predicted octanol–water partition coefficient (Wildman–Crippen LogP) is 1.90. The first-order chi connectivity index (χ1) is 9.24. The molecule has 116 valence electrons. The number of rotatable bonds is 6. The third-order valence-corrected chi connectivity index (χ3v) is 3.74. The number of nitrogens with zero attached hydrogens (tertiary/aromatic N) is 1. The SMILES string of the molecule is I.NC(=NCCCC(=O)NC1CC1)NC1CCCCC1. The molecule has 0 atom stereocenters. The molecule has 0 aliphatic heterocycles. The Morgan fingerprint density at radius 1 is 1.05 bits per heavy atom. The van der Waals surface area contributed by atoms with Crippen LogP contribution >= 0.6 is 24.0 Å². The third-order valence-electron chi connectivity index (χ3n) is 3.74. The second-order valence-electron chi connectivity index (χ2n) is 5.69. The summed E-state index contributed by atoms with van der Waals surface area (Å²) >= 11 is 0. The van der Waals surface area contributed by atoms with Crippen LogP contribution in [-0.4, -0.2) is 30.5 Å². The zero-order valence-corrected chi connectivity index (χ0v) is 14.4. The van der Waals surface area contributed by atoms with Crippen molar-refractivity contribution in [2.75, 3.05) is 6.54 Å². The van der Waals surface area contributed by atoms with Gasteiger partial charge in [0.25, 0.3) is 0 Å². The smallest absolute Gasteiger partial charge is 0.220 e. The van der Waals surface area contributed by atoms with E-state index in [0.29, 0.717) is 31.0 Å². The van der Waals surface area contributed by atoms with E-state index in [1.807, 2.05) is 0 Å². The van der Waals surface area contributed by atoms with Gasteiger partial charge in [-0.15, -0.1) is 24.0 Å². The molecule has 0 aromatic rings. The lowest BCUT2D eigenvalue weighted by atomic mass is 9.96. The Bertz CT molecular complexity index is 325. The van der Waals surface area contributed by atoms with E-state index in [2.05, 4.69) is 15.6 Å². The topological polar surface area (TPSA) is 79.5 Å². The second kappa shape index (κ2) is 9.41. The van der Waals surface area contributed by atoms with Gasteiger partial charge in [0.1, 0.15) is 0 Å². The zero-order chi connectivity index (χ0) is 13.5. The maximum Gasteiger partial charge on any atom is 0.220 e. The van der Waals surface area contributed by atoms with Gasteiger partial charge in [-0.3, -0.25) is 9.79 Å². The van der Waals surface area contributed by atoms with E-state index in [0.717, 1.165) is 19.3 Å². The molecule has 0 aromatic carbocycles. The lowest BCUT2D eigenvalue weighted by Gasteiger charge is -2.23. The van der Waals surface area contributed by atoms with Gasteiger partial charge < -0.3 is 16.4 Å². The van der Waals surface area contributed by atoms with Gasteiger partial charge in [0, 0.05) is 25.0 Å². The maximum atomic E-state index is 11.4. The highest BCUT2D eigenvalue weighted by Gasteiger charge is 2.22. The first-order valence-electron chi connectivity index (χ1n) is 7.60. The first kappa shape index (κ1) is 17.5. The standard InChI is InChI=1S/C14H26N4O.HI/c15-14(18-11-5-2-1-3-6-11)16-10-4-7-13(19)17-12-8-9-12;/h11-12H,1-10H2,(H,17,19)(H3,15,16,18);1H. The molecule has 2 fully saturated rings. The summed E-state index contributed by atoms with van der Waals surface area (Å²) in [6, 6.07) is 0.949. The number of amides is 1. The summed E-state index contributed by atoms with van der Waals surface area (Å²) in [6.45, 7) is 0.629. The quantitative estimate of drug-likeness (QED) is 0.279. The van der Waals surface area contributed by atoms with Crippen LogP contribution in [0.1, 0.15) is 57.8 Å². The van der Waals surface area contributed by atoms with Gasteiger partial charge in [-0.1, -0.05) is 19.3 Å². The summed E-state index contributed by atoms with van der Waals surface area (Å²) in [5.41, 5.74) is 5.85. The summed E-state index contributed by atoms with van der Waals surface area (Å²) < 4.78 is 0. The summed E-state index contributed by atoms with van der Waals surface area (Å²) in [5, 5.41) is 6.25. The Hall–Kier alpha value is -0.530. The Labute approximate surface area is 138 Å². The minimum atomic E-state index is 0. The Morgan fingerprint density at radius 3 is 2.35 bits per heavy atom. The molecule has 2 aliphatic rings. The van der Waals surface area contributed by atoms with Crippen LogP contribution in [-0.2, 0) is 4.79 Å². The van der Waals surface area contributed by atoms with Gasteiger partial charge in [-0.25, -0.2) is 0 Å². The van der Waals surface area contributed by atoms with E-state index in [9.17, 15) is 4.79 Å². The number of hydrogen-bond acceptors (Lipinski definition) is 2. The van der Waals surface area contributed by atoms with E-state index in [1.165, 1.54) is 32.1 Å². The molecule has 2 rings (SSSR count). The molecule has 0 unspecified atom stereocenters. The van der Waals surface area contributed by atoms with Crippen LogP contribution in [0.15, 0.2) is 4.99 Å². The molecule has 0 radical (unpaired) electrons. The number of halogens is 1. The fourth-order valence-corrected chi connectivity index (χ4v) is 2.47. The number of guanidine groups is 1. The Kier molecular flexibility index (Phi) is 8.25. The molecule has 0 aromatic heterocycles. The monoisotopic (exact) mass is 394 g/mol. The predicted molar refractivity (Wildman–Crippen MR) is 92.3 cm³/mol. The molecule has 4 N–H and O–H groups in total. The first-order valence-corrected chi connectivity index (χ1v) is 7.60. The molecule has 0 bridgehead atoms. The molecular weight excluding hydrogens is 367 g/mol. The maximum absolute atomic E-state index is 11.4. The third kappa shape index (κ3) is 7.31. The average Bonchev–Trinajstić information content (AvgIpc) is 3.20. The van der Waals surface area contributed by atoms with Gasteiger partial charge in [0.15, 0.2) is 5.96 Å². The largest absolute Gasteiger partial charge is 0.370 e. The van der Waals surface area contributed by atoms with Crippen molar-refractivity contribution in [1.29, 1.82) is 0 Å². The number of carbonyl (C=O) groups excluding carboxylic acids is 1. The lowest BCUT2D eigenvalue weighted by molar-refractivity contribution is -0.121. The molecular formula is C14H27IN4O. The van der Waals surface area contributed by atoms with Crippen LogP contribution in [0.2, 0.25) is 0 Å². The fourth-order valence-electron chi connectivity index (χ4n) is 2.47. The van der Waals surface area contributed by atoms with Gasteiger partial charge in [-0.05, 0) is 32.1 Å². The number of aliphatic imine (C=N–C) groups is 1. The highest BCUT2D eigenvalue weighted by atomic mass is 127. The molecule has 2 saturated carbocycles. The lowest BCUT2D eigenvalue weighted by Crippen LogP contribution is -2.41. The van der Waals surface area contributed by atoms with E-state index in [1.54, 1.807) is 0 Å². The average molecular weight is 394 g/mol. The van der Waals surface area contributed by atoms with E-state index < -0.39 is 0 Å². The van der Waals surface area contributed by atoms with Crippen molar-refractivity contribution in [3.05, 3.63) is 0 Å². The van der Waals surface area contributed by atoms with Gasteiger partial charge in [0.05, 0.1) is 0 Å². The van der Waals surface area contributed by atoms with Gasteiger partial charge >= 0.3 is 0 Å². The summed E-state index contributed by atoms with van der Waals surface area (Å²) in [5.74, 6) is 0.686. The van der Waals surface area contributed by atoms with Crippen molar-refractivity contribution in [1.82, 2.24) is 10.6 Å². The van der Waals surface area contributed by atoms with E-state index in [4.69, 9.17) is 5.73 Å². The molecule has 20 heavy (non-hydrogen) atoms. The number of nitrogens with two attached hydrogens (primary N) is 1. The van der Waals surface area contributed by atoms with Crippen LogP contribution < -0.4 is 16.4 Å². The number of hydrogen-bond donors (Lipinski definition) is 3. The molecule has 0 heterocycles. The molecule has 2 aliphatic carbocycles. The van der Waals surface area contributed by atoms with Crippen LogP contribution in [0.4, 0.5) is 0 Å². The zero-order valence-electron chi connectivity index (χ0n) is 12.1. The highest BCUT2D eigenvalue weighted by molar-refractivity contribution is 14.0. The Balaban J connectivity index is 0.00000200. The van der Waals surface area contributed by atoms with Crippen LogP contribution in [0.25, 0.3) is 0 Å². The fraction of sp³-hybridized carbons (Fsp3) is 0.857. The normalized spacial score (nSPS) is 20.1. The molecule has 0 spiro atoms. The van der Waals surface area contributed by atoms with Crippen molar-refractivity contribution in [2.45, 2.75) is 69.9 Å². The van der Waals surface area contributed by atoms with E-state index >= 15 is 0 Å². The van der Waals surface area contributed by atoms with Gasteiger partial charge in [-0.2, -0.15) is 0 Å². The van der Waals surface area contributed by atoms with Crippen molar-refractivity contribution in [2.24, 2.45) is 10.7 Å². The molecule has 5 nitrogen and oxygen atoms in total. The van der Waals surface area contributed by atoms with E-state index in [-0.39, 0.29) is 29.9 Å². The minimum Gasteiger partial charge on any atom is -0.370 e. The van der Waals surface area contributed by atoms with Crippen molar-refractivity contribution < 1.29 is 4.79 Å². The Morgan fingerprint density at radius 2 is 1.70 bits per heavy atom.